The lowest BCUT2D eigenvalue weighted by Gasteiger charge is -2.33. The van der Waals surface area contributed by atoms with Gasteiger partial charge in [0, 0.05) is 13.1 Å². The molecule has 0 saturated carbocycles. The van der Waals surface area contributed by atoms with Crippen LogP contribution in [0.15, 0.2) is 30.3 Å². The fourth-order valence-corrected chi connectivity index (χ4v) is 5.80. The zero-order chi connectivity index (χ0) is 35.6. The number of likely N-dealkylation sites (tertiary alicyclic amines) is 2. The van der Waals surface area contributed by atoms with Gasteiger partial charge < -0.3 is 40.3 Å². The minimum atomic E-state index is -1.20. The number of ether oxygens (including phenoxy) is 2. The summed E-state index contributed by atoms with van der Waals surface area (Å²) in [7, 11) is 0. The number of hydrogen-bond donors (Lipinski definition) is 4. The zero-order valence-corrected chi connectivity index (χ0v) is 28.8. The normalized spacial score (nSPS) is 20.3. The van der Waals surface area contributed by atoms with E-state index in [2.05, 4.69) is 16.0 Å². The van der Waals surface area contributed by atoms with E-state index in [1.807, 2.05) is 37.3 Å². The first-order valence-corrected chi connectivity index (χ1v) is 16.7. The van der Waals surface area contributed by atoms with Crippen LogP contribution in [0.4, 0.5) is 4.79 Å². The van der Waals surface area contributed by atoms with Gasteiger partial charge in [0.25, 0.3) is 0 Å². The molecule has 2 saturated heterocycles. The molecule has 48 heavy (non-hydrogen) atoms. The number of alkyl carbamates (subject to hydrolysis) is 1. The maximum absolute atomic E-state index is 14.1. The second-order valence-corrected chi connectivity index (χ2v) is 13.5. The van der Waals surface area contributed by atoms with Crippen LogP contribution < -0.4 is 16.0 Å². The smallest absolute Gasteiger partial charge is 0.408 e. The number of hydrogen-bond acceptors (Lipinski definition) is 8. The van der Waals surface area contributed by atoms with Crippen molar-refractivity contribution in [1.82, 2.24) is 25.8 Å². The molecule has 0 unspecified atom stereocenters. The van der Waals surface area contributed by atoms with E-state index in [4.69, 9.17) is 9.47 Å². The number of carboxylic acid groups (broad SMARTS) is 1. The summed E-state index contributed by atoms with van der Waals surface area (Å²) >= 11 is 0. The van der Waals surface area contributed by atoms with Crippen molar-refractivity contribution < 1.29 is 43.3 Å². The van der Waals surface area contributed by atoms with Crippen LogP contribution in [0, 0.1) is 5.92 Å². The molecule has 14 nitrogen and oxygen atoms in total. The highest BCUT2D eigenvalue weighted by molar-refractivity contribution is 5.96. The summed E-state index contributed by atoms with van der Waals surface area (Å²) in [5.74, 6) is -3.63. The standard InChI is InChI=1S/C34H51N5O9/c1-7-21(2)27(37-28(40)22(3)35-33(46)48-34(4,5)6)29(41)36-24(20-47-19-23-13-9-8-10-14-23)30(42)38-17-11-15-25(38)31(43)39-18-12-16-26(39)32(44)45/h8-10,13-14,21-22,24-27H,7,11-12,15-20H2,1-6H3,(H,35,46)(H,36,41)(H,37,40)(H,44,45)/t21-,22-,24-,25-,26-,27-/m0/s1. The summed E-state index contributed by atoms with van der Waals surface area (Å²) in [5.41, 5.74) is 0.0869. The molecule has 0 bridgehead atoms. The molecule has 2 aliphatic heterocycles. The monoisotopic (exact) mass is 673 g/mol. The Bertz CT molecular complexity index is 1300. The number of aliphatic carboxylic acids is 1. The Hall–Kier alpha value is -4.20. The van der Waals surface area contributed by atoms with Gasteiger partial charge in [-0.2, -0.15) is 0 Å². The maximum atomic E-state index is 14.1. The fraction of sp³-hybridized carbons (Fsp3) is 0.647. The molecule has 0 aliphatic carbocycles. The molecule has 2 aliphatic rings. The van der Waals surface area contributed by atoms with Gasteiger partial charge in [0.1, 0.15) is 35.8 Å². The van der Waals surface area contributed by atoms with Crippen LogP contribution in [0.1, 0.15) is 79.2 Å². The van der Waals surface area contributed by atoms with Gasteiger partial charge >= 0.3 is 12.1 Å². The Morgan fingerprint density at radius 3 is 2.12 bits per heavy atom. The second-order valence-electron chi connectivity index (χ2n) is 13.5. The Morgan fingerprint density at radius 2 is 1.52 bits per heavy atom. The number of nitrogens with zero attached hydrogens (tertiary/aromatic N) is 2. The second kappa shape index (κ2) is 17.3. The zero-order valence-electron chi connectivity index (χ0n) is 28.8. The van der Waals surface area contributed by atoms with Crippen molar-refractivity contribution in [3.8, 4) is 0 Å². The molecule has 4 N–H and O–H groups in total. The largest absolute Gasteiger partial charge is 0.480 e. The van der Waals surface area contributed by atoms with Crippen molar-refractivity contribution in [1.29, 1.82) is 0 Å². The lowest BCUT2D eigenvalue weighted by Crippen LogP contribution is -2.60. The quantitative estimate of drug-likeness (QED) is 0.230. The van der Waals surface area contributed by atoms with Gasteiger partial charge in [-0.25, -0.2) is 9.59 Å². The van der Waals surface area contributed by atoms with Gasteiger partial charge in [0.05, 0.1) is 13.2 Å². The third kappa shape index (κ3) is 10.7. The summed E-state index contributed by atoms with van der Waals surface area (Å²) in [5, 5.41) is 17.6. The molecule has 1 aromatic rings. The Balaban J connectivity index is 1.78. The summed E-state index contributed by atoms with van der Waals surface area (Å²) < 4.78 is 11.1. The van der Waals surface area contributed by atoms with E-state index in [-0.39, 0.29) is 25.7 Å². The van der Waals surface area contributed by atoms with Crippen molar-refractivity contribution in [2.75, 3.05) is 19.7 Å². The summed E-state index contributed by atoms with van der Waals surface area (Å²) in [4.78, 5) is 81.3. The fourth-order valence-electron chi connectivity index (χ4n) is 5.80. The molecule has 0 aromatic heterocycles. The Kier molecular flexibility index (Phi) is 13.8. The summed E-state index contributed by atoms with van der Waals surface area (Å²) in [6, 6.07) is 4.19. The molecular weight excluding hydrogens is 622 g/mol. The predicted molar refractivity (Wildman–Crippen MR) is 175 cm³/mol. The van der Waals surface area contributed by atoms with E-state index in [9.17, 15) is 33.9 Å². The third-order valence-electron chi connectivity index (χ3n) is 8.57. The molecular formula is C34H51N5O9. The van der Waals surface area contributed by atoms with E-state index in [1.54, 1.807) is 27.7 Å². The molecule has 0 radical (unpaired) electrons. The molecule has 1 aromatic carbocycles. The van der Waals surface area contributed by atoms with Crippen LogP contribution in [-0.2, 0) is 40.1 Å². The molecule has 266 valence electrons. The highest BCUT2D eigenvalue weighted by Gasteiger charge is 2.44. The van der Waals surface area contributed by atoms with Gasteiger partial charge in [-0.3, -0.25) is 19.2 Å². The average Bonchev–Trinajstić information content (AvgIpc) is 3.72. The number of benzene rings is 1. The first-order chi connectivity index (χ1) is 22.6. The molecule has 3 rings (SSSR count). The molecule has 0 spiro atoms. The van der Waals surface area contributed by atoms with Crippen molar-refractivity contribution in [2.24, 2.45) is 5.92 Å². The van der Waals surface area contributed by atoms with Gasteiger partial charge in [-0.1, -0.05) is 50.6 Å². The Morgan fingerprint density at radius 1 is 0.896 bits per heavy atom. The van der Waals surface area contributed by atoms with Gasteiger partial charge in [0.15, 0.2) is 0 Å². The molecule has 2 heterocycles. The van der Waals surface area contributed by atoms with Crippen LogP contribution in [0.5, 0.6) is 0 Å². The first kappa shape index (κ1) is 38.2. The number of carboxylic acids is 1. The Labute approximate surface area is 282 Å². The molecule has 6 atom stereocenters. The number of amides is 5. The lowest BCUT2D eigenvalue weighted by atomic mass is 9.97. The summed E-state index contributed by atoms with van der Waals surface area (Å²) in [6.45, 7) is 10.7. The highest BCUT2D eigenvalue weighted by Crippen LogP contribution is 2.26. The van der Waals surface area contributed by atoms with Crippen LogP contribution in [0.25, 0.3) is 0 Å². The topological polar surface area (TPSA) is 184 Å². The first-order valence-electron chi connectivity index (χ1n) is 16.7. The van der Waals surface area contributed by atoms with Crippen molar-refractivity contribution in [2.45, 2.75) is 116 Å². The van der Waals surface area contributed by atoms with Crippen molar-refractivity contribution in [3.63, 3.8) is 0 Å². The van der Waals surface area contributed by atoms with Crippen molar-refractivity contribution >= 4 is 35.7 Å². The number of nitrogens with one attached hydrogen (secondary N) is 3. The average molecular weight is 674 g/mol. The maximum Gasteiger partial charge on any atom is 0.408 e. The molecule has 5 amide bonds. The van der Waals surface area contributed by atoms with Crippen LogP contribution >= 0.6 is 0 Å². The summed E-state index contributed by atoms with van der Waals surface area (Å²) in [6.07, 6.45) is 1.54. The van der Waals surface area contributed by atoms with Crippen LogP contribution in [-0.4, -0.2) is 106 Å². The van der Waals surface area contributed by atoms with E-state index >= 15 is 0 Å². The van der Waals surface area contributed by atoms with Crippen LogP contribution in [0.2, 0.25) is 0 Å². The van der Waals surface area contributed by atoms with Gasteiger partial charge in [-0.15, -0.1) is 0 Å². The van der Waals surface area contributed by atoms with Crippen molar-refractivity contribution in [3.05, 3.63) is 35.9 Å². The van der Waals surface area contributed by atoms with E-state index in [1.165, 1.54) is 16.7 Å². The number of carbonyl (C=O) groups excluding carboxylic acids is 5. The van der Waals surface area contributed by atoms with Gasteiger partial charge in [0.2, 0.25) is 23.6 Å². The molecule has 14 heteroatoms. The van der Waals surface area contributed by atoms with E-state index < -0.39 is 71.5 Å². The third-order valence-corrected chi connectivity index (χ3v) is 8.57. The van der Waals surface area contributed by atoms with E-state index in [0.717, 1.165) is 5.56 Å². The lowest BCUT2D eigenvalue weighted by molar-refractivity contribution is -0.152. The number of carbonyl (C=O) groups is 6. The minimum Gasteiger partial charge on any atom is -0.480 e. The predicted octanol–water partition coefficient (Wildman–Crippen LogP) is 2.20. The van der Waals surface area contributed by atoms with Gasteiger partial charge in [-0.05, 0) is 64.9 Å². The minimum absolute atomic E-state index is 0.163. The van der Waals surface area contributed by atoms with E-state index in [0.29, 0.717) is 38.6 Å². The molecule has 2 fully saturated rings. The van der Waals surface area contributed by atoms with Crippen LogP contribution in [0.3, 0.4) is 0 Å². The number of rotatable bonds is 14. The highest BCUT2D eigenvalue weighted by atomic mass is 16.6. The SMILES string of the molecule is CC[C@H](C)[C@H](NC(=O)[C@H](C)NC(=O)OC(C)(C)C)C(=O)N[C@@H](COCc1ccccc1)C(=O)N1CCC[C@H]1C(=O)N1CCC[C@H]1C(=O)O.